The molecule has 0 aliphatic carbocycles. The van der Waals surface area contributed by atoms with Gasteiger partial charge in [-0.15, -0.1) is 0 Å². The number of benzene rings is 1. The number of aromatic carboxylic acids is 1. The van der Waals surface area contributed by atoms with Crippen LogP contribution in [0, 0.1) is 5.92 Å². The van der Waals surface area contributed by atoms with Crippen LogP contribution in [0.1, 0.15) is 31.1 Å². The third-order valence-corrected chi connectivity index (χ3v) is 5.98. The number of carboxylic acids is 1. The van der Waals surface area contributed by atoms with Gasteiger partial charge in [-0.2, -0.15) is 0 Å². The van der Waals surface area contributed by atoms with Gasteiger partial charge < -0.3 is 15.3 Å². The van der Waals surface area contributed by atoms with Crippen molar-refractivity contribution in [2.45, 2.75) is 20.8 Å². The first-order chi connectivity index (χ1) is 13.6. The quantitative estimate of drug-likeness (QED) is 0.540. The molecule has 1 aliphatic heterocycles. The summed E-state index contributed by atoms with van der Waals surface area (Å²) in [6.07, 6.45) is 0. The van der Waals surface area contributed by atoms with E-state index < -0.39 is 16.0 Å². The van der Waals surface area contributed by atoms with E-state index in [1.807, 2.05) is 18.7 Å². The zero-order chi connectivity index (χ0) is 21.6. The Morgan fingerprint density at radius 1 is 1.17 bits per heavy atom. The third kappa shape index (κ3) is 6.90. The van der Waals surface area contributed by atoms with E-state index in [9.17, 15) is 23.1 Å². The number of carbonyl (C=O) groups excluding carboxylic acids is 1. The van der Waals surface area contributed by atoms with Crippen LogP contribution < -0.4 is 14.9 Å². The average Bonchev–Trinajstić information content (AvgIpc) is 2.67. The van der Waals surface area contributed by atoms with Gasteiger partial charge in [0.05, 0.1) is 23.5 Å². The van der Waals surface area contributed by atoms with E-state index in [-0.39, 0.29) is 22.9 Å². The lowest BCUT2D eigenvalue weighted by Gasteiger charge is -2.36. The second-order valence-electron chi connectivity index (χ2n) is 7.50. The zero-order valence-electron chi connectivity index (χ0n) is 17.1. The van der Waals surface area contributed by atoms with E-state index in [4.69, 9.17) is 0 Å². The molecule has 0 bridgehead atoms. The number of carbonyl (C=O) groups is 2. The highest BCUT2D eigenvalue weighted by molar-refractivity contribution is 7.92. The molecule has 9 nitrogen and oxygen atoms in total. The number of amides is 1. The summed E-state index contributed by atoms with van der Waals surface area (Å²) in [5.74, 6) is -0.918. The van der Waals surface area contributed by atoms with Crippen molar-refractivity contribution in [3.8, 4) is 0 Å². The van der Waals surface area contributed by atoms with Crippen LogP contribution in [0.5, 0.6) is 0 Å². The molecular formula is C19H30N4O5S. The van der Waals surface area contributed by atoms with Crippen molar-refractivity contribution in [2.75, 3.05) is 54.6 Å². The molecule has 0 aromatic heterocycles. The normalized spacial score (nSPS) is 15.4. The van der Waals surface area contributed by atoms with Gasteiger partial charge in [-0.3, -0.25) is 14.4 Å². The Kier molecular flexibility index (Phi) is 7.86. The summed E-state index contributed by atoms with van der Waals surface area (Å²) in [5.41, 5.74) is 0.685. The first kappa shape index (κ1) is 23.0. The van der Waals surface area contributed by atoms with Crippen molar-refractivity contribution in [1.29, 1.82) is 0 Å². The molecule has 2 rings (SSSR count). The van der Waals surface area contributed by atoms with Crippen molar-refractivity contribution in [1.82, 2.24) is 10.2 Å². The van der Waals surface area contributed by atoms with Gasteiger partial charge in [0.25, 0.3) is 0 Å². The minimum atomic E-state index is -3.57. The van der Waals surface area contributed by atoms with E-state index in [1.54, 1.807) is 6.07 Å². The first-order valence-electron chi connectivity index (χ1n) is 9.73. The van der Waals surface area contributed by atoms with Gasteiger partial charge in [-0.1, -0.05) is 13.8 Å². The van der Waals surface area contributed by atoms with Crippen molar-refractivity contribution >= 4 is 33.3 Å². The second kappa shape index (κ2) is 9.93. The van der Waals surface area contributed by atoms with Crippen LogP contribution in [0.3, 0.4) is 0 Å². The number of anilines is 2. The molecule has 1 aliphatic rings. The van der Waals surface area contributed by atoms with E-state index in [2.05, 4.69) is 14.9 Å². The number of rotatable bonds is 9. The molecular weight excluding hydrogens is 396 g/mol. The molecule has 0 saturated carbocycles. The van der Waals surface area contributed by atoms with Gasteiger partial charge in [0, 0.05) is 38.4 Å². The molecule has 3 N–H and O–H groups in total. The summed E-state index contributed by atoms with van der Waals surface area (Å²) in [6, 6.07) is 4.68. The number of hydrogen-bond acceptors (Lipinski definition) is 6. The molecule has 0 radical (unpaired) electrons. The number of hydrogen-bond donors (Lipinski definition) is 3. The maximum atomic E-state index is 12.0. The molecule has 1 aromatic carbocycles. The standard InChI is InChI=1S/C19H30N4O5S/c1-4-29(27,28)21-17-6-5-15(11-16(17)19(25)26)23-9-7-22(8-10-23)13-18(24)20-12-14(2)3/h5-6,11,14,21H,4,7-10,12-13H2,1-3H3,(H,20,24)(H,25,26). The van der Waals surface area contributed by atoms with Crippen LogP contribution in [0.15, 0.2) is 18.2 Å². The lowest BCUT2D eigenvalue weighted by Crippen LogP contribution is -2.49. The van der Waals surface area contributed by atoms with Crippen LogP contribution in [-0.4, -0.2) is 75.3 Å². The van der Waals surface area contributed by atoms with Crippen molar-refractivity contribution in [3.63, 3.8) is 0 Å². The van der Waals surface area contributed by atoms with Gasteiger partial charge in [-0.05, 0) is 31.0 Å². The fourth-order valence-electron chi connectivity index (χ4n) is 2.98. The molecule has 0 atom stereocenters. The predicted octanol–water partition coefficient (Wildman–Crippen LogP) is 1.04. The van der Waals surface area contributed by atoms with Gasteiger partial charge >= 0.3 is 5.97 Å². The molecule has 162 valence electrons. The maximum absolute atomic E-state index is 12.0. The highest BCUT2D eigenvalue weighted by atomic mass is 32.2. The third-order valence-electron chi connectivity index (χ3n) is 4.69. The molecule has 10 heteroatoms. The van der Waals surface area contributed by atoms with Crippen molar-refractivity contribution in [2.24, 2.45) is 5.92 Å². The van der Waals surface area contributed by atoms with E-state index in [1.165, 1.54) is 19.1 Å². The fourth-order valence-corrected chi connectivity index (χ4v) is 3.63. The minimum Gasteiger partial charge on any atom is -0.478 e. The Hall–Kier alpha value is -2.33. The SMILES string of the molecule is CCS(=O)(=O)Nc1ccc(N2CCN(CC(=O)NCC(C)C)CC2)cc1C(=O)O. The Morgan fingerprint density at radius 2 is 1.83 bits per heavy atom. The lowest BCUT2D eigenvalue weighted by atomic mass is 10.1. The van der Waals surface area contributed by atoms with Gasteiger partial charge in [0.1, 0.15) is 0 Å². The summed E-state index contributed by atoms with van der Waals surface area (Å²) < 4.78 is 25.9. The number of sulfonamides is 1. The zero-order valence-corrected chi connectivity index (χ0v) is 18.0. The molecule has 29 heavy (non-hydrogen) atoms. The lowest BCUT2D eigenvalue weighted by molar-refractivity contribution is -0.122. The Labute approximate surface area is 172 Å². The summed E-state index contributed by atoms with van der Waals surface area (Å²) >= 11 is 0. The van der Waals surface area contributed by atoms with E-state index in [0.29, 0.717) is 50.9 Å². The van der Waals surface area contributed by atoms with E-state index in [0.717, 1.165) is 0 Å². The molecule has 1 fully saturated rings. The van der Waals surface area contributed by atoms with Gasteiger partial charge in [-0.25, -0.2) is 13.2 Å². The number of piperazine rings is 1. The molecule has 1 aromatic rings. The summed E-state index contributed by atoms with van der Waals surface area (Å²) in [7, 11) is -3.57. The van der Waals surface area contributed by atoms with Crippen LogP contribution in [0.4, 0.5) is 11.4 Å². The smallest absolute Gasteiger partial charge is 0.337 e. The highest BCUT2D eigenvalue weighted by Gasteiger charge is 2.22. The first-order valence-corrected chi connectivity index (χ1v) is 11.4. The Morgan fingerprint density at radius 3 is 2.38 bits per heavy atom. The van der Waals surface area contributed by atoms with Crippen LogP contribution in [-0.2, 0) is 14.8 Å². The number of nitrogens with one attached hydrogen (secondary N) is 2. The molecule has 1 saturated heterocycles. The average molecular weight is 427 g/mol. The minimum absolute atomic E-state index is 0.00729. The van der Waals surface area contributed by atoms with Gasteiger partial charge in [0.2, 0.25) is 15.9 Å². The number of carboxylic acid groups (broad SMARTS) is 1. The van der Waals surface area contributed by atoms with Crippen LogP contribution in [0.25, 0.3) is 0 Å². The Bertz CT molecular complexity index is 833. The largest absolute Gasteiger partial charge is 0.478 e. The fraction of sp³-hybridized carbons (Fsp3) is 0.579. The Balaban J connectivity index is 2.01. The monoisotopic (exact) mass is 426 g/mol. The maximum Gasteiger partial charge on any atom is 0.337 e. The molecule has 1 heterocycles. The van der Waals surface area contributed by atoms with Crippen LogP contribution >= 0.6 is 0 Å². The van der Waals surface area contributed by atoms with Crippen LogP contribution in [0.2, 0.25) is 0 Å². The second-order valence-corrected chi connectivity index (χ2v) is 9.51. The molecule has 0 unspecified atom stereocenters. The van der Waals surface area contributed by atoms with Crippen molar-refractivity contribution < 1.29 is 23.1 Å². The highest BCUT2D eigenvalue weighted by Crippen LogP contribution is 2.25. The summed E-state index contributed by atoms with van der Waals surface area (Å²) in [4.78, 5) is 27.7. The number of nitrogens with zero attached hydrogens (tertiary/aromatic N) is 2. The summed E-state index contributed by atoms with van der Waals surface area (Å²) in [6.45, 7) is 9.24. The molecule has 0 spiro atoms. The van der Waals surface area contributed by atoms with Gasteiger partial charge in [0.15, 0.2) is 0 Å². The summed E-state index contributed by atoms with van der Waals surface area (Å²) in [5, 5.41) is 12.4. The predicted molar refractivity (Wildman–Crippen MR) is 113 cm³/mol. The topological polar surface area (TPSA) is 119 Å². The molecule has 1 amide bonds. The van der Waals surface area contributed by atoms with Crippen molar-refractivity contribution in [3.05, 3.63) is 23.8 Å². The van der Waals surface area contributed by atoms with E-state index >= 15 is 0 Å².